The molecule has 0 bridgehead atoms. The number of halogens is 1. The van der Waals surface area contributed by atoms with Gasteiger partial charge in [-0.1, -0.05) is 6.92 Å². The maximum absolute atomic E-state index is 6.01. The number of pyridine rings is 1. The van der Waals surface area contributed by atoms with Crippen molar-refractivity contribution in [2.45, 2.75) is 19.4 Å². The molecule has 0 aromatic carbocycles. The van der Waals surface area contributed by atoms with Crippen molar-refractivity contribution in [2.24, 2.45) is 0 Å². The van der Waals surface area contributed by atoms with E-state index >= 15 is 0 Å². The molecule has 138 valence electrons. The van der Waals surface area contributed by atoms with Crippen molar-refractivity contribution < 1.29 is 0 Å². The Morgan fingerprint density at radius 1 is 1.37 bits per heavy atom. The van der Waals surface area contributed by atoms with Crippen molar-refractivity contribution in [3.63, 3.8) is 0 Å². The molecule has 27 heavy (non-hydrogen) atoms. The molecule has 0 aliphatic carbocycles. The summed E-state index contributed by atoms with van der Waals surface area (Å²) in [4.78, 5) is 16.0. The van der Waals surface area contributed by atoms with Crippen molar-refractivity contribution >= 4 is 54.3 Å². The number of aromatic nitrogens is 4. The number of fused-ring (bicyclic) bond motifs is 2. The highest BCUT2D eigenvalue weighted by molar-refractivity contribution is 9.10. The largest absolute Gasteiger partial charge is 0.368 e. The van der Waals surface area contributed by atoms with Crippen LogP contribution in [0.4, 0.5) is 5.95 Å². The molecule has 5 rings (SSSR count). The van der Waals surface area contributed by atoms with Crippen LogP contribution in [0, 0.1) is 0 Å². The fourth-order valence-electron chi connectivity index (χ4n) is 4.00. The first-order valence-electron chi connectivity index (χ1n) is 9.03. The lowest BCUT2D eigenvalue weighted by molar-refractivity contribution is 0.343. The third-order valence-electron chi connectivity index (χ3n) is 5.35. The zero-order valence-electron chi connectivity index (χ0n) is 14.9. The van der Waals surface area contributed by atoms with Gasteiger partial charge in [0.1, 0.15) is 4.60 Å². The van der Waals surface area contributed by atoms with Gasteiger partial charge in [-0.2, -0.15) is 0 Å². The number of rotatable bonds is 3. The minimum Gasteiger partial charge on any atom is -0.368 e. The number of anilines is 1. The van der Waals surface area contributed by atoms with Crippen LogP contribution < -0.4 is 5.73 Å². The fraction of sp³-hybridized carbons (Fsp3) is 0.316. The van der Waals surface area contributed by atoms with E-state index in [0.717, 1.165) is 63.0 Å². The topological polar surface area (TPSA) is 72.9 Å². The third-order valence-corrected chi connectivity index (χ3v) is 6.69. The molecule has 2 N–H and O–H groups in total. The highest BCUT2D eigenvalue weighted by Gasteiger charge is 2.26. The van der Waals surface area contributed by atoms with E-state index in [1.54, 1.807) is 11.3 Å². The van der Waals surface area contributed by atoms with Crippen LogP contribution in [0.2, 0.25) is 0 Å². The second-order valence-corrected chi connectivity index (χ2v) is 8.60. The van der Waals surface area contributed by atoms with Crippen LogP contribution >= 0.6 is 27.3 Å². The van der Waals surface area contributed by atoms with Crippen molar-refractivity contribution in [3.8, 4) is 11.3 Å². The predicted molar refractivity (Wildman–Crippen MR) is 114 cm³/mol. The van der Waals surface area contributed by atoms with E-state index in [4.69, 9.17) is 5.73 Å². The SMILES string of the molecule is CCN1CCC(n2cc(-c3nc(N)nc4ccsc34)c3cc(Br)ncc32)C1. The van der Waals surface area contributed by atoms with Crippen molar-refractivity contribution in [2.75, 3.05) is 25.4 Å². The molecule has 0 saturated carbocycles. The summed E-state index contributed by atoms with van der Waals surface area (Å²) < 4.78 is 4.26. The Morgan fingerprint density at radius 2 is 2.26 bits per heavy atom. The fourth-order valence-corrected chi connectivity index (χ4v) is 5.17. The Morgan fingerprint density at radius 3 is 3.07 bits per heavy atom. The van der Waals surface area contributed by atoms with Crippen LogP contribution in [0.3, 0.4) is 0 Å². The molecule has 1 atom stereocenters. The van der Waals surface area contributed by atoms with Gasteiger partial charge in [0.15, 0.2) is 0 Å². The molecule has 1 saturated heterocycles. The quantitative estimate of drug-likeness (QED) is 0.478. The highest BCUT2D eigenvalue weighted by atomic mass is 79.9. The van der Waals surface area contributed by atoms with Crippen molar-refractivity contribution in [1.82, 2.24) is 24.4 Å². The van der Waals surface area contributed by atoms with Crippen LogP contribution in [0.5, 0.6) is 0 Å². The number of thiophene rings is 1. The lowest BCUT2D eigenvalue weighted by Gasteiger charge is -2.15. The molecule has 4 aromatic rings. The molecular weight excluding hydrogens is 424 g/mol. The first-order valence-corrected chi connectivity index (χ1v) is 10.7. The zero-order chi connectivity index (χ0) is 18.5. The molecule has 8 heteroatoms. The van der Waals surface area contributed by atoms with E-state index in [2.05, 4.69) is 59.5 Å². The molecule has 1 unspecified atom stereocenters. The average molecular weight is 443 g/mol. The second-order valence-electron chi connectivity index (χ2n) is 6.88. The minimum absolute atomic E-state index is 0.308. The molecule has 0 amide bonds. The van der Waals surface area contributed by atoms with Crippen LogP contribution in [0.25, 0.3) is 32.4 Å². The van der Waals surface area contributed by atoms with E-state index in [1.165, 1.54) is 0 Å². The monoisotopic (exact) mass is 442 g/mol. The molecule has 1 fully saturated rings. The van der Waals surface area contributed by atoms with Gasteiger partial charge in [0.2, 0.25) is 5.95 Å². The summed E-state index contributed by atoms with van der Waals surface area (Å²) in [5.41, 5.74) is 10.0. The van der Waals surface area contributed by atoms with Gasteiger partial charge in [0, 0.05) is 36.3 Å². The number of hydrogen-bond acceptors (Lipinski definition) is 6. The Labute approximate surface area is 169 Å². The Hall–Kier alpha value is -2.03. The van der Waals surface area contributed by atoms with Crippen LogP contribution in [-0.2, 0) is 0 Å². The first kappa shape index (κ1) is 17.1. The van der Waals surface area contributed by atoms with Crippen LogP contribution in [-0.4, -0.2) is 44.1 Å². The molecular formula is C19H19BrN6S. The number of nitrogens with zero attached hydrogens (tertiary/aromatic N) is 5. The maximum Gasteiger partial charge on any atom is 0.221 e. The number of hydrogen-bond donors (Lipinski definition) is 1. The zero-order valence-corrected chi connectivity index (χ0v) is 17.3. The number of nitrogen functional groups attached to an aromatic ring is 1. The molecule has 1 aliphatic heterocycles. The van der Waals surface area contributed by atoms with E-state index in [0.29, 0.717) is 12.0 Å². The Bertz CT molecular complexity index is 1150. The van der Waals surface area contributed by atoms with Gasteiger partial charge in [0.05, 0.1) is 27.6 Å². The Kier molecular flexibility index (Phi) is 4.14. The lowest BCUT2D eigenvalue weighted by atomic mass is 10.1. The standard InChI is InChI=1S/C19H19BrN6S/c1-2-25-5-3-11(9-25)26-10-13(12-7-16(20)22-8-15(12)26)17-18-14(4-6-27-18)23-19(21)24-17/h4,6-8,10-11H,2-3,5,9H2,1H3,(H2,21,23,24). The summed E-state index contributed by atoms with van der Waals surface area (Å²) in [6.07, 6.45) is 5.32. The molecule has 0 spiro atoms. The normalized spacial score (nSPS) is 18.1. The van der Waals surface area contributed by atoms with Crippen LogP contribution in [0.15, 0.2) is 34.5 Å². The van der Waals surface area contributed by atoms with Gasteiger partial charge < -0.3 is 15.2 Å². The van der Waals surface area contributed by atoms with E-state index in [9.17, 15) is 0 Å². The highest BCUT2D eigenvalue weighted by Crippen LogP contribution is 2.39. The molecule has 6 nitrogen and oxygen atoms in total. The van der Waals surface area contributed by atoms with Gasteiger partial charge >= 0.3 is 0 Å². The summed E-state index contributed by atoms with van der Waals surface area (Å²) in [6.45, 7) is 5.51. The van der Waals surface area contributed by atoms with Gasteiger partial charge in [-0.15, -0.1) is 11.3 Å². The summed E-state index contributed by atoms with van der Waals surface area (Å²) in [5, 5.41) is 3.18. The van der Waals surface area contributed by atoms with E-state index < -0.39 is 0 Å². The summed E-state index contributed by atoms with van der Waals surface area (Å²) >= 11 is 5.18. The van der Waals surface area contributed by atoms with Gasteiger partial charge in [-0.25, -0.2) is 15.0 Å². The molecule has 1 aliphatic rings. The molecule has 0 radical (unpaired) electrons. The molecule has 5 heterocycles. The van der Waals surface area contributed by atoms with Gasteiger partial charge in [-0.05, 0) is 46.4 Å². The smallest absolute Gasteiger partial charge is 0.221 e. The summed E-state index contributed by atoms with van der Waals surface area (Å²) in [7, 11) is 0. The first-order chi connectivity index (χ1) is 13.1. The third kappa shape index (κ3) is 2.83. The minimum atomic E-state index is 0.308. The van der Waals surface area contributed by atoms with Crippen molar-refractivity contribution in [3.05, 3.63) is 34.5 Å². The average Bonchev–Trinajstić information content (AvgIpc) is 3.38. The Balaban J connectivity index is 1.75. The summed E-state index contributed by atoms with van der Waals surface area (Å²) in [6, 6.07) is 4.52. The van der Waals surface area contributed by atoms with Crippen molar-refractivity contribution in [1.29, 1.82) is 0 Å². The predicted octanol–water partition coefficient (Wildman–Crippen LogP) is 4.32. The van der Waals surface area contributed by atoms with E-state index in [-0.39, 0.29) is 0 Å². The maximum atomic E-state index is 6.01. The van der Waals surface area contributed by atoms with E-state index in [1.807, 2.05) is 17.6 Å². The van der Waals surface area contributed by atoms with Crippen LogP contribution in [0.1, 0.15) is 19.4 Å². The lowest BCUT2D eigenvalue weighted by Crippen LogP contribution is -2.20. The second kappa shape index (κ2) is 6.54. The summed E-state index contributed by atoms with van der Waals surface area (Å²) in [5.74, 6) is 0.308. The number of likely N-dealkylation sites (N-methyl/N-ethyl adjacent to an activating group) is 1. The van der Waals surface area contributed by atoms with Gasteiger partial charge in [-0.3, -0.25) is 0 Å². The number of nitrogens with two attached hydrogens (primary N) is 1. The number of likely N-dealkylation sites (tertiary alicyclic amines) is 1. The molecule has 4 aromatic heterocycles. The van der Waals surface area contributed by atoms with Gasteiger partial charge in [0.25, 0.3) is 0 Å².